The zero-order valence-corrected chi connectivity index (χ0v) is 10.3. The minimum atomic E-state index is -0.505. The highest BCUT2D eigenvalue weighted by molar-refractivity contribution is 7.25. The Hall–Kier alpha value is -0.863. The summed E-state index contributed by atoms with van der Waals surface area (Å²) in [6.07, 6.45) is 0. The molecule has 0 nitrogen and oxygen atoms in total. The van der Waals surface area contributed by atoms with Crippen LogP contribution < -0.4 is 9.69 Å². The number of benzene rings is 1. The minimum absolute atomic E-state index is 0.505. The maximum Gasteiger partial charge on any atom is 0.131 e. The van der Waals surface area contributed by atoms with Crippen molar-refractivity contribution in [1.29, 1.82) is 0 Å². The van der Waals surface area contributed by atoms with Gasteiger partial charge in [-0.05, 0) is 17.5 Å². The number of hydrogen-bond acceptors (Lipinski definition) is 1. The van der Waals surface area contributed by atoms with E-state index in [1.54, 1.807) is 4.50 Å². The van der Waals surface area contributed by atoms with Crippen molar-refractivity contribution >= 4 is 29.8 Å². The monoisotopic (exact) mass is 217 g/mol. The molecule has 0 aliphatic carbocycles. The summed E-state index contributed by atoms with van der Waals surface area (Å²) >= 11 is 1.94. The summed E-state index contributed by atoms with van der Waals surface area (Å²) in [6.45, 7) is 4.54. The average molecular weight is 217 g/mol. The van der Waals surface area contributed by atoms with E-state index in [1.165, 1.54) is 10.1 Å². The van der Waals surface area contributed by atoms with Crippen molar-refractivity contribution in [3.8, 4) is 0 Å². The van der Waals surface area contributed by atoms with Crippen LogP contribution in [0.25, 0.3) is 0 Å². The average Bonchev–Trinajstić information content (AvgIpc) is 2.65. The molecule has 0 bridgehead atoms. The first-order valence-corrected chi connectivity index (χ1v) is 7.55. The molecule has 14 heavy (non-hydrogen) atoms. The Morgan fingerprint density at radius 1 is 1.00 bits per heavy atom. The molecule has 0 aliphatic rings. The largest absolute Gasteiger partial charge is 0.150 e. The van der Waals surface area contributed by atoms with Gasteiger partial charge in [0.1, 0.15) is 8.80 Å². The summed E-state index contributed by atoms with van der Waals surface area (Å²) in [4.78, 5) is 1.42. The van der Waals surface area contributed by atoms with Crippen LogP contribution in [0.5, 0.6) is 0 Å². The standard InChI is InChI=1S/C12H13SSi/c1-10-8-9-12(13-10)14(2)11-6-4-3-5-7-11/h3-9H,1-2H3. The first kappa shape index (κ1) is 9.68. The van der Waals surface area contributed by atoms with Gasteiger partial charge in [0.2, 0.25) is 0 Å². The van der Waals surface area contributed by atoms with E-state index < -0.39 is 8.80 Å². The van der Waals surface area contributed by atoms with Gasteiger partial charge in [0, 0.05) is 4.88 Å². The fourth-order valence-electron chi connectivity index (χ4n) is 1.47. The molecular weight excluding hydrogens is 204 g/mol. The molecule has 1 heterocycles. The zero-order valence-electron chi connectivity index (χ0n) is 8.45. The Labute approximate surface area is 90.8 Å². The molecule has 2 heteroatoms. The molecule has 0 saturated carbocycles. The van der Waals surface area contributed by atoms with Crippen molar-refractivity contribution in [3.63, 3.8) is 0 Å². The van der Waals surface area contributed by atoms with Crippen LogP contribution in [-0.4, -0.2) is 8.80 Å². The topological polar surface area (TPSA) is 0 Å². The summed E-state index contributed by atoms with van der Waals surface area (Å²) in [6, 6.07) is 15.3. The van der Waals surface area contributed by atoms with Gasteiger partial charge >= 0.3 is 0 Å². The van der Waals surface area contributed by atoms with Gasteiger partial charge in [0.05, 0.1) is 0 Å². The molecule has 71 valence electrons. The van der Waals surface area contributed by atoms with Crippen molar-refractivity contribution in [3.05, 3.63) is 47.3 Å². The highest BCUT2D eigenvalue weighted by Crippen LogP contribution is 2.05. The lowest BCUT2D eigenvalue weighted by molar-refractivity contribution is 1.64. The molecule has 1 radical (unpaired) electrons. The van der Waals surface area contributed by atoms with Crippen LogP contribution >= 0.6 is 11.3 Å². The molecule has 0 unspecified atom stereocenters. The van der Waals surface area contributed by atoms with Crippen molar-refractivity contribution in [2.24, 2.45) is 0 Å². The Balaban J connectivity index is 2.29. The Bertz CT molecular complexity index is 405. The predicted molar refractivity (Wildman–Crippen MR) is 66.4 cm³/mol. The third kappa shape index (κ3) is 1.96. The van der Waals surface area contributed by atoms with E-state index in [1.807, 2.05) is 11.3 Å². The van der Waals surface area contributed by atoms with Crippen LogP contribution in [0.2, 0.25) is 6.55 Å². The molecule has 2 aromatic rings. The van der Waals surface area contributed by atoms with Crippen LogP contribution in [0.15, 0.2) is 42.5 Å². The van der Waals surface area contributed by atoms with Crippen LogP contribution in [0.4, 0.5) is 0 Å². The van der Waals surface area contributed by atoms with Gasteiger partial charge < -0.3 is 0 Å². The summed E-state index contributed by atoms with van der Waals surface area (Å²) in [7, 11) is -0.505. The van der Waals surface area contributed by atoms with E-state index in [4.69, 9.17) is 0 Å². The number of rotatable bonds is 2. The summed E-state index contributed by atoms with van der Waals surface area (Å²) < 4.78 is 1.55. The molecule has 0 fully saturated rings. The summed E-state index contributed by atoms with van der Waals surface area (Å²) in [5, 5.41) is 1.50. The summed E-state index contributed by atoms with van der Waals surface area (Å²) in [5.74, 6) is 0. The van der Waals surface area contributed by atoms with E-state index >= 15 is 0 Å². The van der Waals surface area contributed by atoms with Crippen LogP contribution in [-0.2, 0) is 0 Å². The smallest absolute Gasteiger partial charge is 0.131 e. The van der Waals surface area contributed by atoms with Crippen LogP contribution in [0.3, 0.4) is 0 Å². The fourth-order valence-corrected chi connectivity index (χ4v) is 4.84. The number of thiophene rings is 1. The van der Waals surface area contributed by atoms with E-state index in [9.17, 15) is 0 Å². The molecule has 0 saturated heterocycles. The highest BCUT2D eigenvalue weighted by Gasteiger charge is 2.11. The third-order valence-corrected chi connectivity index (χ3v) is 6.46. The molecule has 1 aromatic heterocycles. The Morgan fingerprint density at radius 2 is 1.71 bits per heavy atom. The van der Waals surface area contributed by atoms with Gasteiger partial charge in [-0.3, -0.25) is 0 Å². The first-order valence-electron chi connectivity index (χ1n) is 4.73. The molecule has 2 rings (SSSR count). The second-order valence-electron chi connectivity index (χ2n) is 3.40. The van der Waals surface area contributed by atoms with Crippen molar-refractivity contribution in [1.82, 2.24) is 0 Å². The molecule has 0 spiro atoms. The third-order valence-electron chi connectivity index (χ3n) is 2.32. The lowest BCUT2D eigenvalue weighted by atomic mass is 10.4. The normalized spacial score (nSPS) is 10.8. The molecule has 0 N–H and O–H groups in total. The lowest BCUT2D eigenvalue weighted by Crippen LogP contribution is -2.36. The Kier molecular flexibility index (Phi) is 2.84. The van der Waals surface area contributed by atoms with Gasteiger partial charge in [-0.15, -0.1) is 0 Å². The quantitative estimate of drug-likeness (QED) is 0.677. The Morgan fingerprint density at radius 3 is 2.29 bits per heavy atom. The van der Waals surface area contributed by atoms with Gasteiger partial charge in [0.15, 0.2) is 0 Å². The van der Waals surface area contributed by atoms with E-state index in [2.05, 4.69) is 55.9 Å². The fraction of sp³-hybridized carbons (Fsp3) is 0.167. The SMILES string of the molecule is Cc1ccc([Si](C)c2ccccc2)s1. The van der Waals surface area contributed by atoms with Gasteiger partial charge in [-0.1, -0.05) is 48.1 Å². The zero-order chi connectivity index (χ0) is 9.97. The molecular formula is C12H13SSi. The van der Waals surface area contributed by atoms with Gasteiger partial charge in [-0.25, -0.2) is 0 Å². The van der Waals surface area contributed by atoms with Crippen LogP contribution in [0, 0.1) is 6.92 Å². The molecule has 0 atom stereocenters. The summed E-state index contributed by atoms with van der Waals surface area (Å²) in [5.41, 5.74) is 0. The minimum Gasteiger partial charge on any atom is -0.150 e. The number of aryl methyl sites for hydroxylation is 1. The number of hydrogen-bond donors (Lipinski definition) is 0. The maximum absolute atomic E-state index is 2.37. The first-order chi connectivity index (χ1) is 6.77. The lowest BCUT2D eigenvalue weighted by Gasteiger charge is -2.06. The maximum atomic E-state index is 2.37. The van der Waals surface area contributed by atoms with E-state index in [0.29, 0.717) is 0 Å². The second-order valence-corrected chi connectivity index (χ2v) is 7.42. The van der Waals surface area contributed by atoms with Crippen molar-refractivity contribution < 1.29 is 0 Å². The van der Waals surface area contributed by atoms with Crippen molar-refractivity contribution in [2.45, 2.75) is 13.5 Å². The van der Waals surface area contributed by atoms with Crippen molar-refractivity contribution in [2.75, 3.05) is 0 Å². The van der Waals surface area contributed by atoms with Gasteiger partial charge in [0.25, 0.3) is 0 Å². The molecule has 0 aliphatic heterocycles. The molecule has 1 aromatic carbocycles. The predicted octanol–water partition coefficient (Wildman–Crippen LogP) is 2.30. The van der Waals surface area contributed by atoms with E-state index in [0.717, 1.165) is 0 Å². The van der Waals surface area contributed by atoms with Gasteiger partial charge in [-0.2, -0.15) is 11.3 Å². The second kappa shape index (κ2) is 4.11. The highest BCUT2D eigenvalue weighted by atomic mass is 32.1. The molecule has 0 amide bonds. The van der Waals surface area contributed by atoms with Crippen LogP contribution in [0.1, 0.15) is 4.88 Å². The van der Waals surface area contributed by atoms with E-state index in [-0.39, 0.29) is 0 Å².